The first-order valence-electron chi connectivity index (χ1n) is 13.0. The average Bonchev–Trinajstić information content (AvgIpc) is 3.38. The van der Waals surface area contributed by atoms with Gasteiger partial charge in [-0.2, -0.15) is 0 Å². The van der Waals surface area contributed by atoms with E-state index in [9.17, 15) is 14.0 Å². The maximum Gasteiger partial charge on any atom is 0.238 e. The van der Waals surface area contributed by atoms with Gasteiger partial charge in [0.05, 0.1) is 19.2 Å². The van der Waals surface area contributed by atoms with E-state index in [4.69, 9.17) is 4.74 Å². The predicted octanol–water partition coefficient (Wildman–Crippen LogP) is 3.15. The minimum Gasteiger partial charge on any atom is -0.377 e. The number of aryl methyl sites for hydroxylation is 1. The van der Waals surface area contributed by atoms with Gasteiger partial charge in [-0.3, -0.25) is 19.4 Å². The van der Waals surface area contributed by atoms with Gasteiger partial charge in [0.2, 0.25) is 11.8 Å². The molecule has 8 heteroatoms. The third-order valence-electron chi connectivity index (χ3n) is 6.90. The first kappa shape index (κ1) is 26.3. The van der Waals surface area contributed by atoms with Crippen molar-refractivity contribution in [1.82, 2.24) is 14.7 Å². The molecule has 1 N–H and O–H groups in total. The second-order valence-corrected chi connectivity index (χ2v) is 9.65. The number of carbonyl (C=O) groups excluding carboxylic acids is 2. The van der Waals surface area contributed by atoms with Gasteiger partial charge < -0.3 is 15.0 Å². The Morgan fingerprint density at radius 3 is 2.64 bits per heavy atom. The number of carbonyl (C=O) groups is 2. The number of piperazine rings is 1. The van der Waals surface area contributed by atoms with Crippen LogP contribution < -0.4 is 5.32 Å². The van der Waals surface area contributed by atoms with Crippen LogP contribution >= 0.6 is 0 Å². The summed E-state index contributed by atoms with van der Waals surface area (Å²) in [5, 5.41) is 3.02. The lowest BCUT2D eigenvalue weighted by Crippen LogP contribution is -2.52. The van der Waals surface area contributed by atoms with Crippen LogP contribution in [0.4, 0.5) is 10.1 Å². The summed E-state index contributed by atoms with van der Waals surface area (Å²) in [4.78, 5) is 31.8. The van der Waals surface area contributed by atoms with E-state index < -0.39 is 0 Å². The van der Waals surface area contributed by atoms with Gasteiger partial charge in [-0.25, -0.2) is 4.39 Å². The summed E-state index contributed by atoms with van der Waals surface area (Å²) in [6, 6.07) is 14.4. The minimum atomic E-state index is -0.269. The Hall–Kier alpha value is -2.81. The van der Waals surface area contributed by atoms with Crippen LogP contribution in [0, 0.1) is 5.82 Å². The normalized spacial score (nSPS) is 18.5. The molecular weight excluding hydrogens is 459 g/mol. The Bertz CT molecular complexity index is 1020. The molecule has 36 heavy (non-hydrogen) atoms. The van der Waals surface area contributed by atoms with Crippen molar-refractivity contribution in [3.8, 4) is 0 Å². The Labute approximate surface area is 213 Å². The van der Waals surface area contributed by atoms with Crippen molar-refractivity contribution in [1.29, 1.82) is 0 Å². The molecular formula is C28H37FN4O3. The zero-order chi connectivity index (χ0) is 25.3. The van der Waals surface area contributed by atoms with Crippen LogP contribution in [0.15, 0.2) is 48.5 Å². The van der Waals surface area contributed by atoms with Gasteiger partial charge in [-0.05, 0) is 48.6 Å². The third kappa shape index (κ3) is 7.59. The van der Waals surface area contributed by atoms with Crippen molar-refractivity contribution in [3.05, 3.63) is 65.5 Å². The van der Waals surface area contributed by atoms with Gasteiger partial charge in [-0.1, -0.05) is 37.3 Å². The molecule has 0 radical (unpaired) electrons. The predicted molar refractivity (Wildman–Crippen MR) is 138 cm³/mol. The van der Waals surface area contributed by atoms with Crippen molar-refractivity contribution in [3.63, 3.8) is 0 Å². The highest BCUT2D eigenvalue weighted by molar-refractivity contribution is 5.93. The Kier molecular flexibility index (Phi) is 9.44. The monoisotopic (exact) mass is 496 g/mol. The van der Waals surface area contributed by atoms with E-state index in [0.717, 1.165) is 42.7 Å². The Balaban J connectivity index is 1.27. The smallest absolute Gasteiger partial charge is 0.238 e. The number of rotatable bonds is 10. The lowest BCUT2D eigenvalue weighted by atomic mass is 10.1. The number of hydrogen-bond donors (Lipinski definition) is 1. The minimum absolute atomic E-state index is 0.0338. The van der Waals surface area contributed by atoms with Crippen LogP contribution in [-0.2, 0) is 27.3 Å². The molecule has 0 spiro atoms. The summed E-state index contributed by atoms with van der Waals surface area (Å²) in [5.74, 6) is -0.242. The van der Waals surface area contributed by atoms with E-state index in [1.165, 1.54) is 12.1 Å². The van der Waals surface area contributed by atoms with Gasteiger partial charge in [0.15, 0.2) is 0 Å². The molecule has 0 bridgehead atoms. The molecule has 1 atom stereocenters. The molecule has 0 aromatic heterocycles. The highest BCUT2D eigenvalue weighted by atomic mass is 19.1. The fourth-order valence-corrected chi connectivity index (χ4v) is 4.94. The standard InChI is InChI=1S/C28H37FN4O3/c1-2-23-8-3-4-11-26(23)30-27(34)20-31-12-14-33(15-13-31)28(35)21-32(19-25-10-6-16-36-25)18-22-7-5-9-24(29)17-22/h3-5,7-9,11,17,25H,2,6,10,12-16,18-21H2,1H3,(H,30,34). The number of nitrogens with one attached hydrogen (secondary N) is 1. The van der Waals surface area contributed by atoms with Crippen LogP contribution in [0.5, 0.6) is 0 Å². The maximum atomic E-state index is 13.7. The molecule has 0 saturated carbocycles. The molecule has 2 saturated heterocycles. The van der Waals surface area contributed by atoms with Crippen molar-refractivity contribution in [2.24, 2.45) is 0 Å². The van der Waals surface area contributed by atoms with E-state index in [0.29, 0.717) is 45.8 Å². The topological polar surface area (TPSA) is 65.1 Å². The number of halogens is 1. The molecule has 4 rings (SSSR count). The van der Waals surface area contributed by atoms with Gasteiger partial charge in [-0.15, -0.1) is 0 Å². The summed E-state index contributed by atoms with van der Waals surface area (Å²) >= 11 is 0. The van der Waals surface area contributed by atoms with Crippen molar-refractivity contribution < 1.29 is 18.7 Å². The number of anilines is 1. The van der Waals surface area contributed by atoms with Crippen LogP contribution in [0.25, 0.3) is 0 Å². The first-order chi connectivity index (χ1) is 17.5. The number of para-hydroxylation sites is 1. The number of ether oxygens (including phenoxy) is 1. The van der Waals surface area contributed by atoms with Gasteiger partial charge >= 0.3 is 0 Å². The Morgan fingerprint density at radius 2 is 1.92 bits per heavy atom. The lowest BCUT2D eigenvalue weighted by molar-refractivity contribution is -0.134. The fourth-order valence-electron chi connectivity index (χ4n) is 4.94. The molecule has 194 valence electrons. The van der Waals surface area contributed by atoms with Crippen LogP contribution in [-0.4, -0.2) is 85.0 Å². The van der Waals surface area contributed by atoms with E-state index in [2.05, 4.69) is 22.0 Å². The van der Waals surface area contributed by atoms with E-state index in [1.54, 1.807) is 6.07 Å². The number of benzene rings is 2. The van der Waals surface area contributed by atoms with Crippen molar-refractivity contribution in [2.75, 3.05) is 57.7 Å². The largest absolute Gasteiger partial charge is 0.377 e. The summed E-state index contributed by atoms with van der Waals surface area (Å²) in [6.07, 6.45) is 2.99. The quantitative estimate of drug-likeness (QED) is 0.548. The van der Waals surface area contributed by atoms with Gasteiger partial charge in [0.25, 0.3) is 0 Å². The molecule has 2 aromatic rings. The number of hydrogen-bond acceptors (Lipinski definition) is 5. The van der Waals surface area contributed by atoms with E-state index >= 15 is 0 Å². The molecule has 2 heterocycles. The Morgan fingerprint density at radius 1 is 1.11 bits per heavy atom. The zero-order valence-corrected chi connectivity index (χ0v) is 21.1. The summed E-state index contributed by atoms with van der Waals surface area (Å²) in [5.41, 5.74) is 2.83. The number of nitrogens with zero attached hydrogens (tertiary/aromatic N) is 3. The zero-order valence-electron chi connectivity index (χ0n) is 21.1. The van der Waals surface area contributed by atoms with Crippen molar-refractivity contribution in [2.45, 2.75) is 38.8 Å². The molecule has 2 aromatic carbocycles. The third-order valence-corrected chi connectivity index (χ3v) is 6.90. The highest BCUT2D eigenvalue weighted by Gasteiger charge is 2.26. The molecule has 0 aliphatic carbocycles. The molecule has 1 unspecified atom stereocenters. The molecule has 7 nitrogen and oxygen atoms in total. The second kappa shape index (κ2) is 12.9. The SMILES string of the molecule is CCc1ccccc1NC(=O)CN1CCN(C(=O)CN(Cc2cccc(F)c2)CC2CCCO2)CC1. The maximum absolute atomic E-state index is 13.7. The number of amides is 2. The molecule has 2 aliphatic heterocycles. The van der Waals surface area contributed by atoms with Crippen molar-refractivity contribution >= 4 is 17.5 Å². The summed E-state index contributed by atoms with van der Waals surface area (Å²) in [7, 11) is 0. The second-order valence-electron chi connectivity index (χ2n) is 9.65. The summed E-state index contributed by atoms with van der Waals surface area (Å²) in [6.45, 7) is 7.05. The molecule has 2 amide bonds. The highest BCUT2D eigenvalue weighted by Crippen LogP contribution is 2.17. The van der Waals surface area contributed by atoms with Gasteiger partial charge in [0, 0.05) is 51.6 Å². The van der Waals surface area contributed by atoms with E-state index in [-0.39, 0.29) is 30.3 Å². The molecule has 2 fully saturated rings. The van der Waals surface area contributed by atoms with Crippen LogP contribution in [0.2, 0.25) is 0 Å². The van der Waals surface area contributed by atoms with E-state index in [1.807, 2.05) is 35.2 Å². The molecule has 2 aliphatic rings. The first-order valence-corrected chi connectivity index (χ1v) is 13.0. The summed E-state index contributed by atoms with van der Waals surface area (Å²) < 4.78 is 19.5. The lowest BCUT2D eigenvalue weighted by Gasteiger charge is -2.35. The fraction of sp³-hybridized carbons (Fsp3) is 0.500. The van der Waals surface area contributed by atoms with Gasteiger partial charge in [0.1, 0.15) is 5.82 Å². The van der Waals surface area contributed by atoms with Crippen LogP contribution in [0.1, 0.15) is 30.9 Å². The average molecular weight is 497 g/mol. The van der Waals surface area contributed by atoms with Crippen LogP contribution in [0.3, 0.4) is 0 Å².